The molecular weight excluding hydrogens is 328 g/mol. The normalized spacial score (nSPS) is 11.5. The summed E-state index contributed by atoms with van der Waals surface area (Å²) in [5, 5.41) is 2.82. The summed E-state index contributed by atoms with van der Waals surface area (Å²) >= 11 is 0. The van der Waals surface area contributed by atoms with Crippen LogP contribution in [-0.4, -0.2) is 45.4 Å². The Bertz CT molecular complexity index is 640. The number of nitrogens with one attached hydrogen (secondary N) is 1. The molecular formula is C17H28N2O4S. The van der Waals surface area contributed by atoms with Gasteiger partial charge in [-0.05, 0) is 24.6 Å². The van der Waals surface area contributed by atoms with Crippen molar-refractivity contribution in [3.63, 3.8) is 0 Å². The monoisotopic (exact) mass is 356 g/mol. The van der Waals surface area contributed by atoms with E-state index in [2.05, 4.69) is 12.2 Å². The van der Waals surface area contributed by atoms with E-state index < -0.39 is 10.0 Å². The molecule has 24 heavy (non-hydrogen) atoms. The van der Waals surface area contributed by atoms with Gasteiger partial charge in [0.1, 0.15) is 5.75 Å². The molecule has 1 aromatic rings. The van der Waals surface area contributed by atoms with Gasteiger partial charge in [0.2, 0.25) is 10.0 Å². The highest BCUT2D eigenvalue weighted by Gasteiger charge is 2.24. The Kier molecular flexibility index (Phi) is 8.21. The van der Waals surface area contributed by atoms with Crippen molar-refractivity contribution in [1.82, 2.24) is 9.62 Å². The van der Waals surface area contributed by atoms with Gasteiger partial charge in [0.15, 0.2) is 0 Å². The fourth-order valence-corrected chi connectivity index (χ4v) is 3.89. The van der Waals surface area contributed by atoms with Gasteiger partial charge in [-0.25, -0.2) is 8.42 Å². The van der Waals surface area contributed by atoms with E-state index in [1.165, 1.54) is 29.6 Å². The molecule has 0 fully saturated rings. The molecule has 7 heteroatoms. The van der Waals surface area contributed by atoms with Crippen molar-refractivity contribution in [3.05, 3.63) is 23.8 Å². The molecule has 0 saturated carbocycles. The minimum Gasteiger partial charge on any atom is -0.496 e. The van der Waals surface area contributed by atoms with Gasteiger partial charge in [0, 0.05) is 19.6 Å². The van der Waals surface area contributed by atoms with Crippen molar-refractivity contribution >= 4 is 15.9 Å². The van der Waals surface area contributed by atoms with Crippen molar-refractivity contribution in [1.29, 1.82) is 0 Å². The lowest BCUT2D eigenvalue weighted by Gasteiger charge is -2.19. The minimum atomic E-state index is -3.61. The summed E-state index contributed by atoms with van der Waals surface area (Å²) in [4.78, 5) is 12.5. The largest absolute Gasteiger partial charge is 0.496 e. The molecule has 0 radical (unpaired) electrons. The second-order valence-electron chi connectivity index (χ2n) is 5.41. The van der Waals surface area contributed by atoms with Crippen molar-refractivity contribution in [2.75, 3.05) is 26.7 Å². The van der Waals surface area contributed by atoms with E-state index in [1.54, 1.807) is 13.8 Å². The van der Waals surface area contributed by atoms with Crippen LogP contribution in [-0.2, 0) is 10.0 Å². The summed E-state index contributed by atoms with van der Waals surface area (Å²) in [6, 6.07) is 4.39. The molecule has 0 atom stereocenters. The highest BCUT2D eigenvalue weighted by Crippen LogP contribution is 2.24. The lowest BCUT2D eigenvalue weighted by molar-refractivity contribution is 0.0949. The van der Waals surface area contributed by atoms with Crippen LogP contribution in [0.3, 0.4) is 0 Å². The topological polar surface area (TPSA) is 75.7 Å². The summed E-state index contributed by atoms with van der Waals surface area (Å²) in [6.45, 7) is 6.97. The molecule has 0 saturated heterocycles. The molecule has 0 aliphatic heterocycles. The van der Waals surface area contributed by atoms with E-state index in [-0.39, 0.29) is 16.4 Å². The molecule has 1 N–H and O–H groups in total. The molecule has 1 aromatic carbocycles. The maximum absolute atomic E-state index is 12.6. The van der Waals surface area contributed by atoms with Crippen molar-refractivity contribution in [2.45, 2.75) is 44.9 Å². The molecule has 1 amide bonds. The molecule has 0 spiro atoms. The van der Waals surface area contributed by atoms with Crippen LogP contribution in [0.2, 0.25) is 0 Å². The summed E-state index contributed by atoms with van der Waals surface area (Å²) < 4.78 is 31.8. The minimum absolute atomic E-state index is 0.103. The number of ether oxygens (including phenoxy) is 1. The van der Waals surface area contributed by atoms with Crippen LogP contribution in [0.5, 0.6) is 5.75 Å². The van der Waals surface area contributed by atoms with E-state index >= 15 is 0 Å². The lowest BCUT2D eigenvalue weighted by atomic mass is 10.2. The highest BCUT2D eigenvalue weighted by atomic mass is 32.2. The molecule has 0 heterocycles. The highest BCUT2D eigenvalue weighted by molar-refractivity contribution is 7.89. The summed E-state index contributed by atoms with van der Waals surface area (Å²) in [5.41, 5.74) is 0.238. The van der Waals surface area contributed by atoms with E-state index in [0.717, 1.165) is 19.3 Å². The maximum Gasteiger partial charge on any atom is 0.255 e. The number of nitrogens with zero attached hydrogens (tertiary/aromatic N) is 1. The van der Waals surface area contributed by atoms with Gasteiger partial charge < -0.3 is 10.1 Å². The quantitative estimate of drug-likeness (QED) is 0.654. The number of methoxy groups -OCH3 is 1. The van der Waals surface area contributed by atoms with Gasteiger partial charge in [0.05, 0.1) is 17.6 Å². The summed E-state index contributed by atoms with van der Waals surface area (Å²) in [5.74, 6) is 0.0426. The van der Waals surface area contributed by atoms with Crippen molar-refractivity contribution in [3.8, 4) is 5.75 Å². The van der Waals surface area contributed by atoms with Gasteiger partial charge in [0.25, 0.3) is 5.91 Å². The van der Waals surface area contributed by atoms with E-state index in [4.69, 9.17) is 4.74 Å². The number of amides is 1. The smallest absolute Gasteiger partial charge is 0.255 e. The Labute approximate surface area is 145 Å². The Morgan fingerprint density at radius 2 is 1.83 bits per heavy atom. The average Bonchev–Trinajstić information content (AvgIpc) is 2.58. The molecule has 1 rings (SSSR count). The van der Waals surface area contributed by atoms with Crippen LogP contribution < -0.4 is 10.1 Å². The predicted molar refractivity (Wildman–Crippen MR) is 95.0 cm³/mol. The second kappa shape index (κ2) is 9.64. The Balaban J connectivity index is 3.10. The summed E-state index contributed by atoms with van der Waals surface area (Å²) in [7, 11) is -2.15. The first-order chi connectivity index (χ1) is 11.4. The summed E-state index contributed by atoms with van der Waals surface area (Å²) in [6.07, 6.45) is 2.99. The molecule has 136 valence electrons. The van der Waals surface area contributed by atoms with Crippen LogP contribution >= 0.6 is 0 Å². The first-order valence-corrected chi connectivity index (χ1v) is 9.82. The zero-order chi connectivity index (χ0) is 18.2. The zero-order valence-corrected chi connectivity index (χ0v) is 15.8. The Morgan fingerprint density at radius 1 is 1.17 bits per heavy atom. The third kappa shape index (κ3) is 4.95. The van der Waals surface area contributed by atoms with E-state index in [1.807, 2.05) is 0 Å². The van der Waals surface area contributed by atoms with Crippen molar-refractivity contribution in [2.24, 2.45) is 0 Å². The van der Waals surface area contributed by atoms with Crippen LogP contribution in [0.1, 0.15) is 50.4 Å². The molecule has 6 nitrogen and oxygen atoms in total. The fraction of sp³-hybridized carbons (Fsp3) is 0.588. The molecule has 0 aliphatic carbocycles. The molecule has 0 aromatic heterocycles. The van der Waals surface area contributed by atoms with Gasteiger partial charge in [-0.2, -0.15) is 4.31 Å². The molecule has 0 aliphatic rings. The van der Waals surface area contributed by atoms with Gasteiger partial charge in [-0.1, -0.05) is 33.6 Å². The van der Waals surface area contributed by atoms with Gasteiger partial charge in [-0.3, -0.25) is 4.79 Å². The van der Waals surface area contributed by atoms with E-state index in [0.29, 0.717) is 25.4 Å². The SMILES string of the molecule is CCCCCNC(=O)c1cc(S(=O)(=O)N(CC)CC)ccc1OC. The molecule has 0 unspecified atom stereocenters. The standard InChI is InChI=1S/C17H28N2O4S/c1-5-8-9-12-18-17(20)15-13-14(10-11-16(15)23-4)24(21,22)19(6-2)7-3/h10-11,13H,5-9,12H2,1-4H3,(H,18,20). The van der Waals surface area contributed by atoms with Gasteiger partial charge in [-0.15, -0.1) is 0 Å². The third-order valence-electron chi connectivity index (χ3n) is 3.82. The van der Waals surface area contributed by atoms with Crippen LogP contribution in [0.25, 0.3) is 0 Å². The van der Waals surface area contributed by atoms with Gasteiger partial charge >= 0.3 is 0 Å². The number of unbranched alkanes of at least 4 members (excludes halogenated alkanes) is 2. The fourth-order valence-electron chi connectivity index (χ4n) is 2.41. The van der Waals surface area contributed by atoms with Crippen LogP contribution in [0.15, 0.2) is 23.1 Å². The number of benzene rings is 1. The predicted octanol–water partition coefficient (Wildman–Crippen LogP) is 2.65. The first-order valence-electron chi connectivity index (χ1n) is 8.38. The first kappa shape index (κ1) is 20.4. The number of rotatable bonds is 10. The van der Waals surface area contributed by atoms with Crippen molar-refractivity contribution < 1.29 is 17.9 Å². The number of carbonyl (C=O) groups excluding carboxylic acids is 1. The number of carbonyl (C=O) groups is 1. The Hall–Kier alpha value is -1.60. The zero-order valence-electron chi connectivity index (χ0n) is 15.0. The van der Waals surface area contributed by atoms with Crippen LogP contribution in [0.4, 0.5) is 0 Å². The third-order valence-corrected chi connectivity index (χ3v) is 5.87. The number of sulfonamides is 1. The van der Waals surface area contributed by atoms with E-state index in [9.17, 15) is 13.2 Å². The number of hydrogen-bond donors (Lipinski definition) is 1. The average molecular weight is 356 g/mol. The lowest BCUT2D eigenvalue weighted by Crippen LogP contribution is -2.31. The van der Waals surface area contributed by atoms with Crippen LogP contribution in [0, 0.1) is 0 Å². The maximum atomic E-state index is 12.6. The second-order valence-corrected chi connectivity index (χ2v) is 7.35. The molecule has 0 bridgehead atoms. The number of hydrogen-bond acceptors (Lipinski definition) is 4. The Morgan fingerprint density at radius 3 is 2.38 bits per heavy atom.